The predicted octanol–water partition coefficient (Wildman–Crippen LogP) is 4.58. The van der Waals surface area contributed by atoms with Gasteiger partial charge < -0.3 is 5.32 Å². The fraction of sp³-hybridized carbons (Fsp3) is 0.381. The van der Waals surface area contributed by atoms with E-state index < -0.39 is 15.9 Å². The van der Waals surface area contributed by atoms with Crippen LogP contribution < -0.4 is 5.32 Å². The highest BCUT2D eigenvalue weighted by Gasteiger charge is 2.33. The summed E-state index contributed by atoms with van der Waals surface area (Å²) < 4.78 is 40.9. The molecule has 31 heavy (non-hydrogen) atoms. The van der Waals surface area contributed by atoms with E-state index in [1.54, 1.807) is 12.1 Å². The van der Waals surface area contributed by atoms with E-state index in [9.17, 15) is 17.6 Å². The SMILES string of the molecule is O=C(NCCSCc1c(F)cccc1Cl)C1CCCN(S(=O)(=O)c2ccc(Cl)cc2)C1. The third-order valence-electron chi connectivity index (χ3n) is 5.06. The number of hydrogen-bond donors (Lipinski definition) is 1. The van der Waals surface area contributed by atoms with Crippen LogP contribution in [0.2, 0.25) is 10.0 Å². The molecule has 1 aliphatic rings. The highest BCUT2D eigenvalue weighted by Crippen LogP contribution is 2.26. The van der Waals surface area contributed by atoms with Crippen LogP contribution in [0.3, 0.4) is 0 Å². The Morgan fingerprint density at radius 2 is 1.94 bits per heavy atom. The van der Waals surface area contributed by atoms with E-state index in [4.69, 9.17) is 23.2 Å². The minimum Gasteiger partial charge on any atom is -0.355 e. The summed E-state index contributed by atoms with van der Waals surface area (Å²) in [4.78, 5) is 12.7. The number of hydrogen-bond acceptors (Lipinski definition) is 4. The lowest BCUT2D eigenvalue weighted by Crippen LogP contribution is -2.45. The van der Waals surface area contributed by atoms with E-state index in [1.807, 2.05) is 0 Å². The molecule has 0 aromatic heterocycles. The largest absolute Gasteiger partial charge is 0.355 e. The average Bonchev–Trinajstić information content (AvgIpc) is 2.75. The van der Waals surface area contributed by atoms with Crippen molar-refractivity contribution in [3.8, 4) is 0 Å². The lowest BCUT2D eigenvalue weighted by molar-refractivity contribution is -0.125. The van der Waals surface area contributed by atoms with E-state index in [2.05, 4.69) is 5.32 Å². The van der Waals surface area contributed by atoms with Gasteiger partial charge in [-0.25, -0.2) is 12.8 Å². The zero-order valence-electron chi connectivity index (χ0n) is 16.7. The molecule has 2 aromatic rings. The van der Waals surface area contributed by atoms with E-state index in [-0.39, 0.29) is 23.2 Å². The van der Waals surface area contributed by atoms with Crippen molar-refractivity contribution < 1.29 is 17.6 Å². The first-order valence-electron chi connectivity index (χ1n) is 9.83. The highest BCUT2D eigenvalue weighted by atomic mass is 35.5. The molecule has 3 rings (SSSR count). The maximum absolute atomic E-state index is 13.8. The van der Waals surface area contributed by atoms with Gasteiger partial charge >= 0.3 is 0 Å². The summed E-state index contributed by atoms with van der Waals surface area (Å²) in [5.74, 6) is 0.101. The van der Waals surface area contributed by atoms with Gasteiger partial charge in [0, 0.05) is 46.7 Å². The molecule has 0 aliphatic carbocycles. The number of sulfonamides is 1. The zero-order valence-corrected chi connectivity index (χ0v) is 19.8. The van der Waals surface area contributed by atoms with Crippen LogP contribution >= 0.6 is 35.0 Å². The normalized spacial score (nSPS) is 17.5. The van der Waals surface area contributed by atoms with Crippen LogP contribution in [0.4, 0.5) is 4.39 Å². The number of halogens is 3. The Morgan fingerprint density at radius 1 is 1.19 bits per heavy atom. The number of nitrogens with one attached hydrogen (secondary N) is 1. The third-order valence-corrected chi connectivity index (χ3v) is 8.53. The molecule has 1 unspecified atom stereocenters. The minimum atomic E-state index is -3.67. The van der Waals surface area contributed by atoms with Crippen LogP contribution in [0.15, 0.2) is 47.4 Å². The van der Waals surface area contributed by atoms with E-state index in [0.29, 0.717) is 53.0 Å². The van der Waals surface area contributed by atoms with Crippen LogP contribution in [0, 0.1) is 11.7 Å². The monoisotopic (exact) mass is 504 g/mol. The Labute approximate surface area is 196 Å². The molecule has 0 radical (unpaired) electrons. The number of carbonyl (C=O) groups is 1. The van der Waals surface area contributed by atoms with Crippen molar-refractivity contribution in [1.29, 1.82) is 0 Å². The Balaban J connectivity index is 1.48. The molecule has 1 N–H and O–H groups in total. The zero-order chi connectivity index (χ0) is 22.4. The van der Waals surface area contributed by atoms with Gasteiger partial charge in [-0.2, -0.15) is 16.1 Å². The Hall–Kier alpha value is -1.32. The number of carbonyl (C=O) groups excluding carboxylic acids is 1. The van der Waals surface area contributed by atoms with Gasteiger partial charge in [-0.05, 0) is 49.2 Å². The summed E-state index contributed by atoms with van der Waals surface area (Å²) in [5.41, 5.74) is 0.454. The number of amides is 1. The third kappa shape index (κ3) is 6.35. The first-order valence-corrected chi connectivity index (χ1v) is 13.2. The summed E-state index contributed by atoms with van der Waals surface area (Å²) in [6, 6.07) is 10.6. The fourth-order valence-electron chi connectivity index (χ4n) is 3.37. The molecule has 0 bridgehead atoms. The highest BCUT2D eigenvalue weighted by molar-refractivity contribution is 7.98. The van der Waals surface area contributed by atoms with Crippen LogP contribution in [-0.2, 0) is 20.6 Å². The minimum absolute atomic E-state index is 0.148. The molecule has 1 saturated heterocycles. The summed E-state index contributed by atoms with van der Waals surface area (Å²) in [6.07, 6.45) is 1.25. The molecule has 1 atom stereocenters. The predicted molar refractivity (Wildman–Crippen MR) is 124 cm³/mol. The number of benzene rings is 2. The van der Waals surface area contributed by atoms with Crippen molar-refractivity contribution in [2.75, 3.05) is 25.4 Å². The second-order valence-corrected chi connectivity index (χ2v) is 11.1. The number of nitrogens with zero attached hydrogens (tertiary/aromatic N) is 1. The first-order chi connectivity index (χ1) is 14.8. The number of thioether (sulfide) groups is 1. The molecule has 0 spiro atoms. The summed E-state index contributed by atoms with van der Waals surface area (Å²) in [6.45, 7) is 0.943. The molecule has 5 nitrogen and oxygen atoms in total. The Morgan fingerprint density at radius 3 is 2.65 bits per heavy atom. The standard InChI is InChI=1S/C21H23Cl2FN2O3S2/c22-16-6-8-17(9-7-16)31(28,29)26-11-2-3-15(13-26)21(27)25-10-12-30-14-18-19(23)4-1-5-20(18)24/h1,4-9,15H,2-3,10-14H2,(H,25,27). The topological polar surface area (TPSA) is 66.5 Å². The molecule has 2 aromatic carbocycles. The Kier molecular flexibility index (Phi) is 8.64. The maximum atomic E-state index is 13.8. The molecule has 10 heteroatoms. The van der Waals surface area contributed by atoms with Crippen molar-refractivity contribution in [2.24, 2.45) is 5.92 Å². The summed E-state index contributed by atoms with van der Waals surface area (Å²) >= 11 is 13.3. The summed E-state index contributed by atoms with van der Waals surface area (Å²) in [7, 11) is -3.67. The molecule has 168 valence electrons. The fourth-order valence-corrected chi connectivity index (χ4v) is 6.21. The molecule has 1 aliphatic heterocycles. The maximum Gasteiger partial charge on any atom is 0.243 e. The molecule has 1 fully saturated rings. The smallest absolute Gasteiger partial charge is 0.243 e. The van der Waals surface area contributed by atoms with Gasteiger partial charge in [0.15, 0.2) is 0 Å². The molecular formula is C21H23Cl2FN2O3S2. The van der Waals surface area contributed by atoms with Crippen molar-refractivity contribution >= 4 is 50.9 Å². The van der Waals surface area contributed by atoms with E-state index >= 15 is 0 Å². The van der Waals surface area contributed by atoms with Crippen molar-refractivity contribution in [3.63, 3.8) is 0 Å². The lowest BCUT2D eigenvalue weighted by atomic mass is 9.99. The van der Waals surface area contributed by atoms with E-state index in [1.165, 1.54) is 46.4 Å². The molecule has 0 saturated carbocycles. The average molecular weight is 505 g/mol. The van der Waals surface area contributed by atoms with Crippen molar-refractivity contribution in [3.05, 3.63) is 63.9 Å². The quantitative estimate of drug-likeness (QED) is 0.534. The van der Waals surface area contributed by atoms with Gasteiger partial charge in [0.05, 0.1) is 10.8 Å². The van der Waals surface area contributed by atoms with Gasteiger partial charge in [-0.3, -0.25) is 4.79 Å². The second kappa shape index (κ2) is 11.0. The van der Waals surface area contributed by atoms with Crippen LogP contribution in [-0.4, -0.2) is 44.0 Å². The second-order valence-electron chi connectivity index (χ2n) is 7.20. The van der Waals surface area contributed by atoms with Crippen LogP contribution in [0.25, 0.3) is 0 Å². The van der Waals surface area contributed by atoms with Crippen LogP contribution in [0.5, 0.6) is 0 Å². The van der Waals surface area contributed by atoms with Gasteiger partial charge in [0.25, 0.3) is 0 Å². The van der Waals surface area contributed by atoms with Gasteiger partial charge in [-0.15, -0.1) is 0 Å². The molecule has 1 heterocycles. The van der Waals surface area contributed by atoms with Crippen LogP contribution in [0.1, 0.15) is 18.4 Å². The Bertz CT molecular complexity index is 1000. The van der Waals surface area contributed by atoms with Gasteiger partial charge in [-0.1, -0.05) is 29.3 Å². The molecule has 1 amide bonds. The lowest BCUT2D eigenvalue weighted by Gasteiger charge is -2.31. The number of rotatable bonds is 8. The summed E-state index contributed by atoms with van der Waals surface area (Å²) in [5, 5.41) is 3.71. The van der Waals surface area contributed by atoms with Crippen molar-refractivity contribution in [2.45, 2.75) is 23.5 Å². The first kappa shape index (κ1) is 24.3. The molecular weight excluding hydrogens is 482 g/mol. The van der Waals surface area contributed by atoms with Gasteiger partial charge in [0.1, 0.15) is 5.82 Å². The van der Waals surface area contributed by atoms with Gasteiger partial charge in [0.2, 0.25) is 15.9 Å². The number of piperidine rings is 1. The van der Waals surface area contributed by atoms with E-state index in [0.717, 1.165) is 0 Å². The van der Waals surface area contributed by atoms with Crippen molar-refractivity contribution in [1.82, 2.24) is 9.62 Å².